The highest BCUT2D eigenvalue weighted by molar-refractivity contribution is 5.84. The second-order valence-corrected chi connectivity index (χ2v) is 4.82. The van der Waals surface area contributed by atoms with E-state index in [2.05, 4.69) is 0 Å². The van der Waals surface area contributed by atoms with Crippen LogP contribution in [-0.4, -0.2) is 43.4 Å². The molecule has 1 heterocycles. The van der Waals surface area contributed by atoms with Gasteiger partial charge < -0.3 is 14.4 Å². The van der Waals surface area contributed by atoms with Crippen LogP contribution in [0.4, 0.5) is 0 Å². The first kappa shape index (κ1) is 14.4. The maximum atomic E-state index is 11.8. The van der Waals surface area contributed by atoms with E-state index in [0.29, 0.717) is 36.6 Å². The topological polar surface area (TPSA) is 55.8 Å². The molecule has 1 aromatic rings. The summed E-state index contributed by atoms with van der Waals surface area (Å²) in [5.41, 5.74) is 0.427. The van der Waals surface area contributed by atoms with Crippen molar-refractivity contribution in [2.45, 2.75) is 25.9 Å². The summed E-state index contributed by atoms with van der Waals surface area (Å²) in [6.45, 7) is 3.29. The number of benzene rings is 1. The molecule has 1 unspecified atom stereocenters. The van der Waals surface area contributed by atoms with Crippen molar-refractivity contribution in [1.29, 1.82) is 0 Å². The fraction of sp³-hybridized carbons (Fsp3) is 0.467. The first-order chi connectivity index (χ1) is 9.65. The number of hydrogen-bond acceptors (Lipinski definition) is 4. The van der Waals surface area contributed by atoms with Gasteiger partial charge in [0, 0.05) is 26.1 Å². The molecule has 0 bridgehead atoms. The molecule has 1 atom stereocenters. The molecule has 0 N–H and O–H groups in total. The van der Waals surface area contributed by atoms with Crippen molar-refractivity contribution in [3.8, 4) is 11.5 Å². The molecule has 1 aliphatic heterocycles. The smallest absolute Gasteiger partial charge is 0.263 e. The highest BCUT2D eigenvalue weighted by Gasteiger charge is 2.31. The van der Waals surface area contributed by atoms with Crippen molar-refractivity contribution < 1.29 is 19.1 Å². The number of likely N-dealkylation sites (tertiary alicyclic amines) is 1. The number of rotatable bonds is 6. The summed E-state index contributed by atoms with van der Waals surface area (Å²) >= 11 is 0. The van der Waals surface area contributed by atoms with Gasteiger partial charge in [-0.15, -0.1) is 0 Å². The second-order valence-electron chi connectivity index (χ2n) is 4.82. The van der Waals surface area contributed by atoms with Gasteiger partial charge in [0.25, 0.3) is 5.91 Å². The monoisotopic (exact) mass is 277 g/mol. The van der Waals surface area contributed by atoms with Crippen molar-refractivity contribution in [3.05, 3.63) is 23.8 Å². The van der Waals surface area contributed by atoms with Crippen molar-refractivity contribution in [3.63, 3.8) is 0 Å². The summed E-state index contributed by atoms with van der Waals surface area (Å²) < 4.78 is 11.2. The average Bonchev–Trinajstić information content (AvgIpc) is 2.77. The minimum absolute atomic E-state index is 0.0540. The molecule has 1 aliphatic rings. The molecule has 0 spiro atoms. The Morgan fingerprint density at radius 3 is 2.85 bits per heavy atom. The van der Waals surface area contributed by atoms with E-state index in [-0.39, 0.29) is 5.91 Å². The summed E-state index contributed by atoms with van der Waals surface area (Å²) in [4.78, 5) is 24.5. The zero-order valence-corrected chi connectivity index (χ0v) is 11.8. The molecule has 5 heteroatoms. The predicted molar refractivity (Wildman–Crippen MR) is 74.3 cm³/mol. The lowest BCUT2D eigenvalue weighted by molar-refractivity contribution is -0.132. The van der Waals surface area contributed by atoms with Gasteiger partial charge in [-0.05, 0) is 18.6 Å². The highest BCUT2D eigenvalue weighted by atomic mass is 16.5. The Morgan fingerprint density at radius 1 is 1.45 bits per heavy atom. The third-order valence-electron chi connectivity index (χ3n) is 3.23. The molecular formula is C15H19NO4. The lowest BCUT2D eigenvalue weighted by Crippen LogP contribution is -2.29. The Kier molecular flexibility index (Phi) is 4.61. The van der Waals surface area contributed by atoms with Crippen LogP contribution in [-0.2, 0) is 4.79 Å². The first-order valence-electron chi connectivity index (χ1n) is 6.79. The van der Waals surface area contributed by atoms with Crippen LogP contribution in [0.2, 0.25) is 0 Å². The number of carbonyl (C=O) groups is 2. The van der Waals surface area contributed by atoms with E-state index in [0.717, 1.165) is 12.7 Å². The number of ether oxygens (including phenoxy) is 2. The number of likely N-dealkylation sites (N-methyl/N-ethyl adjacent to an activating group) is 1. The van der Waals surface area contributed by atoms with E-state index in [4.69, 9.17) is 9.47 Å². The van der Waals surface area contributed by atoms with Gasteiger partial charge in [0.05, 0.1) is 12.2 Å². The maximum Gasteiger partial charge on any atom is 0.263 e. The van der Waals surface area contributed by atoms with Gasteiger partial charge in [-0.3, -0.25) is 9.59 Å². The minimum Gasteiger partial charge on any atom is -0.493 e. The van der Waals surface area contributed by atoms with E-state index >= 15 is 0 Å². The molecule has 1 fully saturated rings. The zero-order valence-electron chi connectivity index (χ0n) is 11.8. The van der Waals surface area contributed by atoms with Crippen LogP contribution >= 0.6 is 0 Å². The van der Waals surface area contributed by atoms with E-state index in [1.807, 2.05) is 6.92 Å². The van der Waals surface area contributed by atoms with Crippen molar-refractivity contribution in [1.82, 2.24) is 4.90 Å². The van der Waals surface area contributed by atoms with Crippen molar-refractivity contribution >= 4 is 12.2 Å². The van der Waals surface area contributed by atoms with E-state index in [1.165, 1.54) is 0 Å². The average molecular weight is 277 g/mol. The Balaban J connectivity index is 2.16. The Hall–Kier alpha value is -2.04. The fourth-order valence-electron chi connectivity index (χ4n) is 2.08. The Bertz CT molecular complexity index is 501. The largest absolute Gasteiger partial charge is 0.493 e. The van der Waals surface area contributed by atoms with Gasteiger partial charge in [-0.1, -0.05) is 6.92 Å². The summed E-state index contributed by atoms with van der Waals surface area (Å²) in [6, 6.07) is 5.05. The molecule has 2 rings (SSSR count). The molecule has 0 saturated carbocycles. The summed E-state index contributed by atoms with van der Waals surface area (Å²) in [5.74, 6) is 0.996. The highest BCUT2D eigenvalue weighted by Crippen LogP contribution is 2.27. The van der Waals surface area contributed by atoms with Gasteiger partial charge >= 0.3 is 0 Å². The van der Waals surface area contributed by atoms with Crippen LogP contribution in [0, 0.1) is 0 Å². The van der Waals surface area contributed by atoms with Crippen LogP contribution in [0.1, 0.15) is 30.1 Å². The van der Waals surface area contributed by atoms with E-state index in [9.17, 15) is 9.59 Å². The molecule has 108 valence electrons. The molecule has 1 amide bonds. The summed E-state index contributed by atoms with van der Waals surface area (Å²) in [6.07, 6.45) is 1.74. The van der Waals surface area contributed by atoms with Crippen LogP contribution in [0.3, 0.4) is 0 Å². The molecule has 1 saturated heterocycles. The summed E-state index contributed by atoms with van der Waals surface area (Å²) in [5, 5.41) is 0. The number of aldehydes is 1. The van der Waals surface area contributed by atoms with Crippen LogP contribution in [0.5, 0.6) is 11.5 Å². The molecule has 5 nitrogen and oxygen atoms in total. The third kappa shape index (κ3) is 3.10. The number of amides is 1. The Morgan fingerprint density at radius 2 is 2.25 bits per heavy atom. The van der Waals surface area contributed by atoms with Gasteiger partial charge in [-0.2, -0.15) is 0 Å². The molecule has 0 radical (unpaired) electrons. The second kappa shape index (κ2) is 6.41. The standard InChI is InChI=1S/C15H19NO4/c1-3-8-19-12-5-4-11(10-17)14(9-12)20-13-6-7-16(2)15(13)18/h4-5,9-10,13H,3,6-8H2,1-2H3. The van der Waals surface area contributed by atoms with Crippen molar-refractivity contribution in [2.75, 3.05) is 20.2 Å². The zero-order chi connectivity index (χ0) is 14.5. The molecule has 20 heavy (non-hydrogen) atoms. The van der Waals surface area contributed by atoms with E-state index in [1.54, 1.807) is 30.1 Å². The van der Waals surface area contributed by atoms with Gasteiger partial charge in [0.1, 0.15) is 11.5 Å². The SMILES string of the molecule is CCCOc1ccc(C=O)c(OC2CCN(C)C2=O)c1. The predicted octanol–water partition coefficient (Wildman–Crippen LogP) is 1.90. The van der Waals surface area contributed by atoms with E-state index < -0.39 is 6.10 Å². The van der Waals surface area contributed by atoms with Gasteiger partial charge in [-0.25, -0.2) is 0 Å². The van der Waals surface area contributed by atoms with Gasteiger partial charge in [0.15, 0.2) is 12.4 Å². The maximum absolute atomic E-state index is 11.8. The third-order valence-corrected chi connectivity index (χ3v) is 3.23. The lowest BCUT2D eigenvalue weighted by Gasteiger charge is -2.15. The van der Waals surface area contributed by atoms with Gasteiger partial charge in [0.2, 0.25) is 0 Å². The first-order valence-corrected chi connectivity index (χ1v) is 6.79. The molecule has 1 aromatic carbocycles. The Labute approximate surface area is 118 Å². The number of hydrogen-bond donors (Lipinski definition) is 0. The fourth-order valence-corrected chi connectivity index (χ4v) is 2.08. The molecule has 0 aliphatic carbocycles. The van der Waals surface area contributed by atoms with Crippen LogP contribution in [0.15, 0.2) is 18.2 Å². The van der Waals surface area contributed by atoms with Crippen LogP contribution < -0.4 is 9.47 Å². The number of nitrogens with zero attached hydrogens (tertiary/aromatic N) is 1. The quantitative estimate of drug-likeness (QED) is 0.745. The summed E-state index contributed by atoms with van der Waals surface area (Å²) in [7, 11) is 1.74. The molecular weight excluding hydrogens is 258 g/mol. The molecule has 0 aromatic heterocycles. The lowest BCUT2D eigenvalue weighted by atomic mass is 10.2. The van der Waals surface area contributed by atoms with Crippen molar-refractivity contribution in [2.24, 2.45) is 0 Å². The van der Waals surface area contributed by atoms with Crippen LogP contribution in [0.25, 0.3) is 0 Å². The minimum atomic E-state index is -0.514. The number of carbonyl (C=O) groups excluding carboxylic acids is 2. The normalized spacial score (nSPS) is 18.2.